The molecule has 2 N–H and O–H groups in total. The van der Waals surface area contributed by atoms with E-state index in [1.165, 1.54) is 4.90 Å². The fraction of sp³-hybridized carbons (Fsp3) is 0.583. The molecule has 0 spiro atoms. The number of rotatable bonds is 12. The van der Waals surface area contributed by atoms with Crippen molar-refractivity contribution in [3.63, 3.8) is 0 Å². The number of likely N-dealkylation sites (tertiary alicyclic amines) is 1. The minimum absolute atomic E-state index is 0.0104. The van der Waals surface area contributed by atoms with Gasteiger partial charge in [-0.3, -0.25) is 19.2 Å². The molecule has 188 valence electrons. The van der Waals surface area contributed by atoms with E-state index in [1.807, 2.05) is 6.92 Å². The van der Waals surface area contributed by atoms with Gasteiger partial charge in [-0.1, -0.05) is 44.5 Å². The fourth-order valence-electron chi connectivity index (χ4n) is 3.64. The maximum atomic E-state index is 13.2. The second-order valence-corrected chi connectivity index (χ2v) is 8.40. The van der Waals surface area contributed by atoms with Gasteiger partial charge in [-0.05, 0) is 37.8 Å². The molecule has 1 saturated heterocycles. The number of carbonyl (C=O) groups is 4. The molecule has 10 heteroatoms. The van der Waals surface area contributed by atoms with Gasteiger partial charge >= 0.3 is 5.97 Å². The Labute approximate surface area is 205 Å². The number of ether oxygens (including phenoxy) is 2. The molecule has 34 heavy (non-hydrogen) atoms. The van der Waals surface area contributed by atoms with Gasteiger partial charge in [0.05, 0.1) is 23.7 Å². The second-order valence-electron chi connectivity index (χ2n) is 7.99. The zero-order valence-electron chi connectivity index (χ0n) is 20.0. The smallest absolute Gasteiger partial charge is 0.307 e. The maximum Gasteiger partial charge on any atom is 0.307 e. The molecule has 9 nitrogen and oxygen atoms in total. The summed E-state index contributed by atoms with van der Waals surface area (Å²) in [5.41, 5.74) is 0.283. The van der Waals surface area contributed by atoms with E-state index in [1.54, 1.807) is 38.1 Å². The first-order valence-corrected chi connectivity index (χ1v) is 12.1. The van der Waals surface area contributed by atoms with Crippen molar-refractivity contribution in [1.29, 1.82) is 0 Å². The van der Waals surface area contributed by atoms with Crippen LogP contribution in [-0.2, 0) is 23.9 Å². The highest BCUT2D eigenvalue weighted by Crippen LogP contribution is 2.20. The van der Waals surface area contributed by atoms with Gasteiger partial charge in [0.15, 0.2) is 0 Å². The van der Waals surface area contributed by atoms with Gasteiger partial charge in [0.2, 0.25) is 18.1 Å². The standard InChI is InChI=1S/C24H34ClN3O6/c1-4-14-33-21(34-20(29)6-3)15-26-23(31)19-12-9-13-28(19)24(32)18(5-2)27-22(30)16-10-7-8-11-17(16)25/h7-8,10-11,18-19,21H,4-6,9,12-15H2,1-3H3,(H,26,31)(H,27,30)/t18-,19-,21-/m0/s1. The van der Waals surface area contributed by atoms with E-state index in [2.05, 4.69) is 10.6 Å². The van der Waals surface area contributed by atoms with Gasteiger partial charge in [-0.25, -0.2) is 0 Å². The Morgan fingerprint density at radius 2 is 1.91 bits per heavy atom. The Balaban J connectivity index is 2.00. The maximum absolute atomic E-state index is 13.2. The van der Waals surface area contributed by atoms with Crippen LogP contribution in [0.4, 0.5) is 0 Å². The minimum Gasteiger partial charge on any atom is -0.434 e. The summed E-state index contributed by atoms with van der Waals surface area (Å²) in [5, 5.41) is 5.77. The van der Waals surface area contributed by atoms with Crippen molar-refractivity contribution in [2.45, 2.75) is 71.2 Å². The second kappa shape index (κ2) is 13.9. The third-order valence-corrected chi connectivity index (χ3v) is 5.80. The number of amides is 3. The molecule has 1 aliphatic rings. The van der Waals surface area contributed by atoms with Crippen molar-refractivity contribution in [2.75, 3.05) is 19.7 Å². The number of hydrogen-bond acceptors (Lipinski definition) is 6. The monoisotopic (exact) mass is 495 g/mol. The largest absolute Gasteiger partial charge is 0.434 e. The molecule has 0 bridgehead atoms. The van der Waals surface area contributed by atoms with Crippen LogP contribution < -0.4 is 10.6 Å². The molecular weight excluding hydrogens is 462 g/mol. The van der Waals surface area contributed by atoms with Crippen LogP contribution in [0, 0.1) is 0 Å². The number of hydrogen-bond donors (Lipinski definition) is 2. The van der Waals surface area contributed by atoms with Crippen LogP contribution in [0.15, 0.2) is 24.3 Å². The van der Waals surface area contributed by atoms with Crippen molar-refractivity contribution in [1.82, 2.24) is 15.5 Å². The molecule has 0 saturated carbocycles. The average Bonchev–Trinajstić information content (AvgIpc) is 3.33. The molecule has 1 aromatic carbocycles. The summed E-state index contributed by atoms with van der Waals surface area (Å²) in [4.78, 5) is 51.9. The van der Waals surface area contributed by atoms with Crippen LogP contribution in [0.5, 0.6) is 0 Å². The van der Waals surface area contributed by atoms with Crippen molar-refractivity contribution >= 4 is 35.3 Å². The third kappa shape index (κ3) is 7.70. The summed E-state index contributed by atoms with van der Waals surface area (Å²) in [5.74, 6) is -1.54. The highest BCUT2D eigenvalue weighted by Gasteiger charge is 2.37. The normalized spacial score (nSPS) is 17.1. The first kappa shape index (κ1) is 27.6. The highest BCUT2D eigenvalue weighted by atomic mass is 35.5. The van der Waals surface area contributed by atoms with Crippen LogP contribution in [0.1, 0.15) is 63.2 Å². The van der Waals surface area contributed by atoms with Crippen molar-refractivity contribution < 1.29 is 28.7 Å². The lowest BCUT2D eigenvalue weighted by Gasteiger charge is -2.29. The zero-order valence-corrected chi connectivity index (χ0v) is 20.7. The van der Waals surface area contributed by atoms with E-state index in [9.17, 15) is 19.2 Å². The van der Waals surface area contributed by atoms with E-state index >= 15 is 0 Å². The molecular formula is C24H34ClN3O6. The fourth-order valence-corrected chi connectivity index (χ4v) is 3.86. The Kier molecular flexibility index (Phi) is 11.3. The first-order chi connectivity index (χ1) is 16.3. The molecule has 1 aromatic rings. The van der Waals surface area contributed by atoms with E-state index in [-0.39, 0.29) is 30.3 Å². The molecule has 0 radical (unpaired) electrons. The Morgan fingerprint density at radius 1 is 1.18 bits per heavy atom. The van der Waals surface area contributed by atoms with Crippen molar-refractivity contribution in [2.24, 2.45) is 0 Å². The Morgan fingerprint density at radius 3 is 2.56 bits per heavy atom. The third-order valence-electron chi connectivity index (χ3n) is 5.47. The van der Waals surface area contributed by atoms with Gasteiger partial charge < -0.3 is 25.0 Å². The lowest BCUT2D eigenvalue weighted by molar-refractivity contribution is -0.178. The van der Waals surface area contributed by atoms with Gasteiger partial charge in [-0.15, -0.1) is 0 Å². The number of esters is 1. The topological polar surface area (TPSA) is 114 Å². The highest BCUT2D eigenvalue weighted by molar-refractivity contribution is 6.33. The van der Waals surface area contributed by atoms with E-state index in [0.717, 1.165) is 6.42 Å². The van der Waals surface area contributed by atoms with Gasteiger partial charge in [0.1, 0.15) is 12.1 Å². The zero-order chi connectivity index (χ0) is 25.1. The summed E-state index contributed by atoms with van der Waals surface area (Å²) >= 11 is 6.10. The minimum atomic E-state index is -0.889. The predicted octanol–water partition coefficient (Wildman–Crippen LogP) is 2.66. The van der Waals surface area contributed by atoms with E-state index in [0.29, 0.717) is 37.4 Å². The van der Waals surface area contributed by atoms with E-state index in [4.69, 9.17) is 21.1 Å². The van der Waals surface area contributed by atoms with Crippen LogP contribution >= 0.6 is 11.6 Å². The first-order valence-electron chi connectivity index (χ1n) is 11.8. The van der Waals surface area contributed by atoms with Crippen LogP contribution in [0.3, 0.4) is 0 Å². The van der Waals surface area contributed by atoms with Crippen LogP contribution in [0.2, 0.25) is 5.02 Å². The van der Waals surface area contributed by atoms with Crippen molar-refractivity contribution in [3.05, 3.63) is 34.9 Å². The number of benzene rings is 1. The summed E-state index contributed by atoms with van der Waals surface area (Å²) in [6, 6.07) is 5.14. The van der Waals surface area contributed by atoms with Crippen molar-refractivity contribution in [3.8, 4) is 0 Å². The van der Waals surface area contributed by atoms with E-state index < -0.39 is 30.3 Å². The van der Waals surface area contributed by atoms with Crippen LogP contribution in [-0.4, -0.2) is 66.7 Å². The molecule has 3 amide bonds. The Bertz CT molecular complexity index is 865. The summed E-state index contributed by atoms with van der Waals surface area (Å²) in [6.07, 6.45) is 1.57. The quantitative estimate of drug-likeness (QED) is 0.340. The van der Waals surface area contributed by atoms with Crippen LogP contribution in [0.25, 0.3) is 0 Å². The molecule has 1 aliphatic heterocycles. The van der Waals surface area contributed by atoms with Gasteiger partial charge in [-0.2, -0.15) is 0 Å². The lowest BCUT2D eigenvalue weighted by atomic mass is 10.1. The van der Waals surface area contributed by atoms with Gasteiger partial charge in [0, 0.05) is 13.0 Å². The molecule has 3 atom stereocenters. The summed E-state index contributed by atoms with van der Waals surface area (Å²) in [6.45, 7) is 6.18. The van der Waals surface area contributed by atoms with Gasteiger partial charge in [0.25, 0.3) is 5.91 Å². The summed E-state index contributed by atoms with van der Waals surface area (Å²) < 4.78 is 10.7. The molecule has 2 rings (SSSR count). The number of halogens is 1. The predicted molar refractivity (Wildman–Crippen MR) is 127 cm³/mol. The molecule has 1 heterocycles. The molecule has 0 aliphatic carbocycles. The summed E-state index contributed by atoms with van der Waals surface area (Å²) in [7, 11) is 0. The SMILES string of the molecule is CCCO[C@H](CNC(=O)[C@@H]1CCCN1C(=O)[C@H](CC)NC(=O)c1ccccc1Cl)OC(=O)CC. The molecule has 1 fully saturated rings. The number of nitrogens with one attached hydrogen (secondary N) is 2. The number of nitrogens with zero attached hydrogens (tertiary/aromatic N) is 1. The average molecular weight is 496 g/mol. The lowest BCUT2D eigenvalue weighted by Crippen LogP contribution is -2.54. The Hall–Kier alpha value is -2.65. The molecule has 0 aromatic heterocycles. The molecule has 0 unspecified atom stereocenters. The number of carbonyl (C=O) groups excluding carboxylic acids is 4.